The van der Waals surface area contributed by atoms with E-state index < -0.39 is 0 Å². The molecular weight excluding hydrogens is 212 g/mol. The van der Waals surface area contributed by atoms with Gasteiger partial charge in [-0.05, 0) is 25.1 Å². The van der Waals surface area contributed by atoms with E-state index in [2.05, 4.69) is 39.0 Å². The van der Waals surface area contributed by atoms with Gasteiger partial charge in [0.1, 0.15) is 0 Å². The first-order valence-corrected chi connectivity index (χ1v) is 5.91. The van der Waals surface area contributed by atoms with Gasteiger partial charge in [-0.25, -0.2) is 4.98 Å². The molecule has 4 nitrogen and oxygen atoms in total. The second-order valence-corrected chi connectivity index (χ2v) is 4.03. The molecule has 2 rings (SSSR count). The number of aromatic nitrogens is 3. The first-order chi connectivity index (χ1) is 8.33. The van der Waals surface area contributed by atoms with E-state index >= 15 is 0 Å². The molecule has 17 heavy (non-hydrogen) atoms. The summed E-state index contributed by atoms with van der Waals surface area (Å²) >= 11 is 0. The Kier molecular flexibility index (Phi) is 3.88. The van der Waals surface area contributed by atoms with E-state index in [1.807, 2.05) is 25.6 Å². The Morgan fingerprint density at radius 1 is 1.35 bits per heavy atom. The molecule has 2 heterocycles. The SMILES string of the molecule is CCc1cccnc1Cn1cnc(CNC)c1. The zero-order chi connectivity index (χ0) is 12.1. The van der Waals surface area contributed by atoms with Crippen molar-refractivity contribution in [1.82, 2.24) is 19.9 Å². The average molecular weight is 230 g/mol. The van der Waals surface area contributed by atoms with Gasteiger partial charge in [-0.2, -0.15) is 0 Å². The first-order valence-electron chi connectivity index (χ1n) is 5.91. The Labute approximate surface area is 102 Å². The molecule has 0 spiro atoms. The second-order valence-electron chi connectivity index (χ2n) is 4.03. The molecule has 90 valence electrons. The maximum Gasteiger partial charge on any atom is 0.0953 e. The highest BCUT2D eigenvalue weighted by atomic mass is 15.0. The number of aryl methyl sites for hydroxylation is 1. The van der Waals surface area contributed by atoms with E-state index in [1.165, 1.54) is 5.56 Å². The number of hydrogen-bond acceptors (Lipinski definition) is 3. The maximum atomic E-state index is 4.44. The largest absolute Gasteiger partial charge is 0.331 e. The van der Waals surface area contributed by atoms with Crippen molar-refractivity contribution in [3.05, 3.63) is 47.8 Å². The molecule has 0 unspecified atom stereocenters. The number of nitrogens with zero attached hydrogens (tertiary/aromatic N) is 3. The average Bonchev–Trinajstić information content (AvgIpc) is 2.78. The topological polar surface area (TPSA) is 42.7 Å². The lowest BCUT2D eigenvalue weighted by Crippen LogP contribution is -2.05. The van der Waals surface area contributed by atoms with E-state index in [0.717, 1.165) is 30.9 Å². The summed E-state index contributed by atoms with van der Waals surface area (Å²) in [6, 6.07) is 4.12. The van der Waals surface area contributed by atoms with Gasteiger partial charge in [-0.1, -0.05) is 13.0 Å². The quantitative estimate of drug-likeness (QED) is 0.848. The summed E-state index contributed by atoms with van der Waals surface area (Å²) in [4.78, 5) is 8.77. The van der Waals surface area contributed by atoms with Crippen LogP contribution in [-0.4, -0.2) is 21.6 Å². The van der Waals surface area contributed by atoms with Crippen LogP contribution < -0.4 is 5.32 Å². The Morgan fingerprint density at radius 3 is 3.00 bits per heavy atom. The summed E-state index contributed by atoms with van der Waals surface area (Å²) < 4.78 is 2.08. The highest BCUT2D eigenvalue weighted by Crippen LogP contribution is 2.08. The third-order valence-corrected chi connectivity index (χ3v) is 2.74. The van der Waals surface area contributed by atoms with E-state index in [-0.39, 0.29) is 0 Å². The highest BCUT2D eigenvalue weighted by molar-refractivity contribution is 5.20. The molecule has 0 atom stereocenters. The van der Waals surface area contributed by atoms with Crippen LogP contribution in [0.5, 0.6) is 0 Å². The number of pyridine rings is 1. The Balaban J connectivity index is 2.13. The van der Waals surface area contributed by atoms with Crippen molar-refractivity contribution in [3.63, 3.8) is 0 Å². The van der Waals surface area contributed by atoms with Gasteiger partial charge in [0, 0.05) is 18.9 Å². The van der Waals surface area contributed by atoms with Crippen molar-refractivity contribution in [2.75, 3.05) is 7.05 Å². The van der Waals surface area contributed by atoms with Crippen molar-refractivity contribution in [1.29, 1.82) is 0 Å². The van der Waals surface area contributed by atoms with Gasteiger partial charge < -0.3 is 9.88 Å². The molecule has 4 heteroatoms. The van der Waals surface area contributed by atoms with Crippen LogP contribution in [0.4, 0.5) is 0 Å². The molecule has 0 aliphatic rings. The van der Waals surface area contributed by atoms with Crippen LogP contribution in [0.1, 0.15) is 23.9 Å². The lowest BCUT2D eigenvalue weighted by Gasteiger charge is -2.06. The molecule has 2 aromatic rings. The summed E-state index contributed by atoms with van der Waals surface area (Å²) in [6.45, 7) is 3.75. The Hall–Kier alpha value is -1.68. The fraction of sp³-hybridized carbons (Fsp3) is 0.385. The van der Waals surface area contributed by atoms with Crippen LogP contribution >= 0.6 is 0 Å². The summed E-state index contributed by atoms with van der Waals surface area (Å²) in [7, 11) is 1.92. The number of nitrogens with one attached hydrogen (secondary N) is 1. The number of rotatable bonds is 5. The van der Waals surface area contributed by atoms with Gasteiger partial charge in [0.2, 0.25) is 0 Å². The third-order valence-electron chi connectivity index (χ3n) is 2.74. The van der Waals surface area contributed by atoms with Crippen LogP contribution in [0.3, 0.4) is 0 Å². The molecule has 0 saturated carbocycles. The first kappa shape index (κ1) is 11.8. The second kappa shape index (κ2) is 5.59. The van der Waals surface area contributed by atoms with Crippen LogP contribution in [0.2, 0.25) is 0 Å². The normalized spacial score (nSPS) is 10.7. The summed E-state index contributed by atoms with van der Waals surface area (Å²) in [5, 5.41) is 3.09. The van der Waals surface area contributed by atoms with Crippen LogP contribution in [0.15, 0.2) is 30.9 Å². The minimum atomic E-state index is 0.792. The molecule has 0 aliphatic heterocycles. The van der Waals surface area contributed by atoms with Crippen LogP contribution in [-0.2, 0) is 19.5 Å². The van der Waals surface area contributed by atoms with Crippen molar-refractivity contribution in [2.45, 2.75) is 26.4 Å². The van der Waals surface area contributed by atoms with E-state index in [9.17, 15) is 0 Å². The van der Waals surface area contributed by atoms with Crippen molar-refractivity contribution >= 4 is 0 Å². The number of imidazole rings is 1. The number of hydrogen-bond donors (Lipinski definition) is 1. The molecular formula is C13H18N4. The minimum absolute atomic E-state index is 0.792. The smallest absolute Gasteiger partial charge is 0.0953 e. The van der Waals surface area contributed by atoms with Gasteiger partial charge in [0.25, 0.3) is 0 Å². The lowest BCUT2D eigenvalue weighted by atomic mass is 10.1. The zero-order valence-electron chi connectivity index (χ0n) is 10.3. The molecule has 0 bridgehead atoms. The molecule has 2 aromatic heterocycles. The lowest BCUT2D eigenvalue weighted by molar-refractivity contribution is 0.755. The standard InChI is InChI=1S/C13H18N4/c1-3-11-5-4-6-15-13(11)9-17-8-12(7-14-2)16-10-17/h4-6,8,10,14H,3,7,9H2,1-2H3. The predicted molar refractivity (Wildman–Crippen MR) is 67.7 cm³/mol. The van der Waals surface area contributed by atoms with Crippen molar-refractivity contribution < 1.29 is 0 Å². The summed E-state index contributed by atoms with van der Waals surface area (Å²) in [6.07, 6.45) is 6.78. The van der Waals surface area contributed by atoms with Gasteiger partial charge in [-0.15, -0.1) is 0 Å². The van der Waals surface area contributed by atoms with Crippen LogP contribution in [0.25, 0.3) is 0 Å². The molecule has 0 saturated heterocycles. The highest BCUT2D eigenvalue weighted by Gasteiger charge is 2.03. The van der Waals surface area contributed by atoms with Gasteiger partial charge >= 0.3 is 0 Å². The fourth-order valence-electron chi connectivity index (χ4n) is 1.87. The van der Waals surface area contributed by atoms with Gasteiger partial charge in [0.05, 0.1) is 24.3 Å². The Morgan fingerprint density at radius 2 is 2.24 bits per heavy atom. The molecule has 1 N–H and O–H groups in total. The third kappa shape index (κ3) is 2.91. The van der Waals surface area contributed by atoms with E-state index in [4.69, 9.17) is 0 Å². The summed E-state index contributed by atoms with van der Waals surface area (Å²) in [5.74, 6) is 0. The fourth-order valence-corrected chi connectivity index (χ4v) is 1.87. The molecule has 0 radical (unpaired) electrons. The van der Waals surface area contributed by atoms with Gasteiger partial charge in [0.15, 0.2) is 0 Å². The monoisotopic (exact) mass is 230 g/mol. The zero-order valence-corrected chi connectivity index (χ0v) is 10.3. The van der Waals surface area contributed by atoms with Crippen LogP contribution in [0, 0.1) is 0 Å². The minimum Gasteiger partial charge on any atom is -0.331 e. The predicted octanol–water partition coefficient (Wildman–Crippen LogP) is 1.61. The summed E-state index contributed by atoms with van der Waals surface area (Å²) in [5.41, 5.74) is 3.49. The molecule has 0 aliphatic carbocycles. The molecule has 0 aromatic carbocycles. The molecule has 0 fully saturated rings. The van der Waals surface area contributed by atoms with E-state index in [0.29, 0.717) is 0 Å². The Bertz CT molecular complexity index is 476. The van der Waals surface area contributed by atoms with E-state index in [1.54, 1.807) is 0 Å². The molecule has 0 amide bonds. The van der Waals surface area contributed by atoms with Gasteiger partial charge in [-0.3, -0.25) is 4.98 Å². The van der Waals surface area contributed by atoms with Crippen molar-refractivity contribution in [2.24, 2.45) is 0 Å². The van der Waals surface area contributed by atoms with Crippen molar-refractivity contribution in [3.8, 4) is 0 Å². The maximum absolute atomic E-state index is 4.44.